The zero-order chi connectivity index (χ0) is 12.1. The fourth-order valence-electron chi connectivity index (χ4n) is 1.40. The highest BCUT2D eigenvalue weighted by molar-refractivity contribution is 5.79. The number of phenols is 1. The highest BCUT2D eigenvalue weighted by Crippen LogP contribution is 2.24. The molecule has 0 aliphatic heterocycles. The Morgan fingerprint density at radius 2 is 2.06 bits per heavy atom. The minimum atomic E-state index is -1.12. The first kappa shape index (κ1) is 12.6. The van der Waals surface area contributed by atoms with Gasteiger partial charge < -0.3 is 21.1 Å². The number of carbonyl (C=O) groups is 1. The quantitative estimate of drug-likeness (QED) is 0.526. The number of hydrogen-bond donors (Lipinski definition) is 4. The molecule has 0 fully saturated rings. The number of hydrogen-bond acceptors (Lipinski definition) is 5. The van der Waals surface area contributed by atoms with Gasteiger partial charge in [-0.05, 0) is 30.7 Å². The normalized spacial score (nSPS) is 14.4. The number of carbonyl (C=O) groups excluding carboxylic acids is 1. The van der Waals surface area contributed by atoms with Crippen molar-refractivity contribution < 1.29 is 20.1 Å². The van der Waals surface area contributed by atoms with Crippen LogP contribution in [-0.2, 0) is 0 Å². The molecular formula is C11H15NO4. The molecule has 5 N–H and O–H groups in total. The molecule has 0 radical (unpaired) electrons. The summed E-state index contributed by atoms with van der Waals surface area (Å²) < 4.78 is 0. The Morgan fingerprint density at radius 1 is 1.38 bits per heavy atom. The first-order valence-electron chi connectivity index (χ1n) is 4.94. The molecule has 0 spiro atoms. The van der Waals surface area contributed by atoms with E-state index in [-0.39, 0.29) is 24.3 Å². The Morgan fingerprint density at radius 3 is 2.56 bits per heavy atom. The van der Waals surface area contributed by atoms with Crippen LogP contribution in [0.2, 0.25) is 0 Å². The lowest BCUT2D eigenvalue weighted by atomic mass is 10.0. The first-order chi connectivity index (χ1) is 7.60. The van der Waals surface area contributed by atoms with Crippen LogP contribution in [0.25, 0.3) is 0 Å². The van der Waals surface area contributed by atoms with E-state index < -0.39 is 12.2 Å². The summed E-state index contributed by atoms with van der Waals surface area (Å²) >= 11 is 0. The highest BCUT2D eigenvalue weighted by Gasteiger charge is 2.18. The van der Waals surface area contributed by atoms with Gasteiger partial charge in [-0.25, -0.2) is 0 Å². The van der Waals surface area contributed by atoms with Gasteiger partial charge in [0.25, 0.3) is 0 Å². The Hall–Kier alpha value is -1.43. The Kier molecular flexibility index (Phi) is 4.42. The number of aliphatic hydroxyl groups is 2. The summed E-state index contributed by atoms with van der Waals surface area (Å²) in [5.41, 5.74) is 5.75. The minimum absolute atomic E-state index is 0.143. The maximum absolute atomic E-state index is 10.5. The third-order valence-corrected chi connectivity index (χ3v) is 2.35. The Bertz CT molecular complexity index is 367. The second kappa shape index (κ2) is 5.60. The van der Waals surface area contributed by atoms with Crippen molar-refractivity contribution in [3.05, 3.63) is 29.3 Å². The van der Waals surface area contributed by atoms with Crippen LogP contribution < -0.4 is 5.73 Å². The zero-order valence-electron chi connectivity index (χ0n) is 8.71. The number of aliphatic hydroxyl groups excluding tert-OH is 2. The van der Waals surface area contributed by atoms with E-state index in [1.807, 2.05) is 0 Å². The second-order valence-electron chi connectivity index (χ2n) is 3.53. The van der Waals surface area contributed by atoms with E-state index in [4.69, 9.17) is 5.73 Å². The number of rotatable bonds is 5. The van der Waals surface area contributed by atoms with Crippen molar-refractivity contribution in [2.24, 2.45) is 5.73 Å². The summed E-state index contributed by atoms with van der Waals surface area (Å²) in [4.78, 5) is 10.5. The maximum Gasteiger partial charge on any atom is 0.153 e. The monoisotopic (exact) mass is 225 g/mol. The van der Waals surface area contributed by atoms with E-state index in [0.29, 0.717) is 11.8 Å². The van der Waals surface area contributed by atoms with E-state index in [9.17, 15) is 20.1 Å². The molecule has 0 bridgehead atoms. The lowest BCUT2D eigenvalue weighted by Gasteiger charge is -2.17. The summed E-state index contributed by atoms with van der Waals surface area (Å²) in [5, 5.41) is 28.6. The number of aldehydes is 1. The van der Waals surface area contributed by atoms with Gasteiger partial charge >= 0.3 is 0 Å². The van der Waals surface area contributed by atoms with Crippen molar-refractivity contribution >= 4 is 6.29 Å². The van der Waals surface area contributed by atoms with Crippen LogP contribution in [0.5, 0.6) is 5.75 Å². The van der Waals surface area contributed by atoms with Crippen molar-refractivity contribution in [1.82, 2.24) is 0 Å². The molecule has 0 aromatic heterocycles. The molecule has 1 aromatic rings. The van der Waals surface area contributed by atoms with E-state index in [0.717, 1.165) is 0 Å². The number of aromatic hydroxyl groups is 1. The fourth-order valence-corrected chi connectivity index (χ4v) is 1.40. The second-order valence-corrected chi connectivity index (χ2v) is 3.53. The largest absolute Gasteiger partial charge is 0.507 e. The molecule has 0 amide bonds. The lowest BCUT2D eigenvalue weighted by molar-refractivity contribution is 0.0149. The van der Waals surface area contributed by atoms with Crippen molar-refractivity contribution in [2.75, 3.05) is 6.54 Å². The molecule has 0 aliphatic carbocycles. The van der Waals surface area contributed by atoms with Gasteiger partial charge in [-0.2, -0.15) is 0 Å². The molecule has 16 heavy (non-hydrogen) atoms. The molecule has 0 saturated heterocycles. The predicted octanol–water partition coefficient (Wildman–Crippen LogP) is -0.0522. The van der Waals surface area contributed by atoms with Crippen LogP contribution in [0.1, 0.15) is 28.4 Å². The molecular weight excluding hydrogens is 210 g/mol. The van der Waals surface area contributed by atoms with E-state index in [2.05, 4.69) is 0 Å². The average Bonchev–Trinajstić information content (AvgIpc) is 2.28. The van der Waals surface area contributed by atoms with Gasteiger partial charge in [0.15, 0.2) is 6.29 Å². The van der Waals surface area contributed by atoms with Crippen molar-refractivity contribution in [3.8, 4) is 5.75 Å². The SMILES string of the molecule is NCCC(O)C(O)c1ccc(C=O)c(O)c1. The highest BCUT2D eigenvalue weighted by atomic mass is 16.3. The maximum atomic E-state index is 10.5. The van der Waals surface area contributed by atoms with Gasteiger partial charge in [-0.3, -0.25) is 4.79 Å². The standard InChI is InChI=1S/C11H15NO4/c12-4-3-9(14)11(16)7-1-2-8(6-13)10(15)5-7/h1-2,5-6,9,11,14-16H,3-4,12H2. The molecule has 2 unspecified atom stereocenters. The molecule has 5 nitrogen and oxygen atoms in total. The molecule has 2 atom stereocenters. The third-order valence-electron chi connectivity index (χ3n) is 2.35. The Balaban J connectivity index is 2.88. The van der Waals surface area contributed by atoms with Gasteiger partial charge in [0.2, 0.25) is 0 Å². The lowest BCUT2D eigenvalue weighted by Crippen LogP contribution is -2.21. The molecule has 0 aliphatic rings. The zero-order valence-corrected chi connectivity index (χ0v) is 8.71. The molecule has 5 heteroatoms. The molecule has 88 valence electrons. The number of benzene rings is 1. The van der Waals surface area contributed by atoms with Crippen LogP contribution in [0, 0.1) is 0 Å². The third kappa shape index (κ3) is 2.79. The van der Waals surface area contributed by atoms with Crippen molar-refractivity contribution in [3.63, 3.8) is 0 Å². The summed E-state index contributed by atoms with van der Waals surface area (Å²) in [6.45, 7) is 0.261. The summed E-state index contributed by atoms with van der Waals surface area (Å²) in [7, 11) is 0. The van der Waals surface area contributed by atoms with Crippen LogP contribution in [0.15, 0.2) is 18.2 Å². The average molecular weight is 225 g/mol. The summed E-state index contributed by atoms with van der Waals surface area (Å²) in [6, 6.07) is 4.12. The van der Waals surface area contributed by atoms with Crippen LogP contribution in [0.3, 0.4) is 0 Å². The number of nitrogens with two attached hydrogens (primary N) is 1. The number of phenolic OH excluding ortho intramolecular Hbond substituents is 1. The van der Waals surface area contributed by atoms with Crippen LogP contribution >= 0.6 is 0 Å². The molecule has 1 aromatic carbocycles. The topological polar surface area (TPSA) is 104 Å². The fraction of sp³-hybridized carbons (Fsp3) is 0.364. The van der Waals surface area contributed by atoms with E-state index in [1.54, 1.807) is 0 Å². The van der Waals surface area contributed by atoms with Gasteiger partial charge in [0.1, 0.15) is 11.9 Å². The van der Waals surface area contributed by atoms with Crippen LogP contribution in [0.4, 0.5) is 0 Å². The van der Waals surface area contributed by atoms with Gasteiger partial charge in [-0.15, -0.1) is 0 Å². The summed E-state index contributed by atoms with van der Waals surface area (Å²) in [6.07, 6.45) is -1.32. The van der Waals surface area contributed by atoms with Crippen molar-refractivity contribution in [1.29, 1.82) is 0 Å². The van der Waals surface area contributed by atoms with Gasteiger partial charge in [-0.1, -0.05) is 6.07 Å². The predicted molar refractivity (Wildman–Crippen MR) is 58.1 cm³/mol. The smallest absolute Gasteiger partial charge is 0.153 e. The van der Waals surface area contributed by atoms with E-state index >= 15 is 0 Å². The van der Waals surface area contributed by atoms with Crippen LogP contribution in [-0.4, -0.2) is 34.3 Å². The molecule has 0 heterocycles. The molecule has 1 rings (SSSR count). The first-order valence-corrected chi connectivity index (χ1v) is 4.94. The summed E-state index contributed by atoms with van der Waals surface area (Å²) in [5.74, 6) is -0.216. The van der Waals surface area contributed by atoms with Gasteiger partial charge in [0, 0.05) is 0 Å². The van der Waals surface area contributed by atoms with Gasteiger partial charge in [0.05, 0.1) is 11.7 Å². The molecule has 0 saturated carbocycles. The Labute approximate surface area is 93.1 Å². The van der Waals surface area contributed by atoms with Crippen molar-refractivity contribution in [2.45, 2.75) is 18.6 Å². The minimum Gasteiger partial charge on any atom is -0.507 e. The van der Waals surface area contributed by atoms with E-state index in [1.165, 1.54) is 18.2 Å².